The molecule has 6 nitrogen and oxygen atoms in total. The number of nitrogens with zero attached hydrogens (tertiary/aromatic N) is 5. The van der Waals surface area contributed by atoms with Gasteiger partial charge in [0.1, 0.15) is 10.6 Å². The summed E-state index contributed by atoms with van der Waals surface area (Å²) in [7, 11) is 0. The average molecular weight is 446 g/mol. The maximum Gasteiger partial charge on any atom is 0.257 e. The van der Waals surface area contributed by atoms with Crippen LogP contribution >= 0.6 is 11.3 Å². The second-order valence-electron chi connectivity index (χ2n) is 8.75. The molecule has 32 heavy (non-hydrogen) atoms. The van der Waals surface area contributed by atoms with E-state index in [1.54, 1.807) is 0 Å². The zero-order valence-corrected chi connectivity index (χ0v) is 18.9. The number of pyridine rings is 1. The zero-order chi connectivity index (χ0) is 21.5. The summed E-state index contributed by atoms with van der Waals surface area (Å²) in [4.78, 5) is 24.3. The van der Waals surface area contributed by atoms with Gasteiger partial charge in [-0.25, -0.2) is 4.98 Å². The molecule has 5 heterocycles. The highest BCUT2D eigenvalue weighted by atomic mass is 32.1. The van der Waals surface area contributed by atoms with E-state index in [0.29, 0.717) is 0 Å². The number of carbonyl (C=O) groups is 1. The van der Waals surface area contributed by atoms with Gasteiger partial charge in [0.2, 0.25) is 0 Å². The molecule has 1 aliphatic carbocycles. The van der Waals surface area contributed by atoms with E-state index in [9.17, 15) is 4.79 Å². The minimum absolute atomic E-state index is 0.209. The number of piperazine rings is 1. The van der Waals surface area contributed by atoms with Crippen LogP contribution in [0.3, 0.4) is 0 Å². The number of hydrogen-bond donors (Lipinski definition) is 0. The van der Waals surface area contributed by atoms with E-state index in [1.807, 2.05) is 47.9 Å². The molecule has 0 bridgehead atoms. The summed E-state index contributed by atoms with van der Waals surface area (Å²) >= 11 is 1.81. The van der Waals surface area contributed by atoms with Crippen molar-refractivity contribution in [3.8, 4) is 5.00 Å². The molecule has 0 N–H and O–H groups in total. The molecule has 6 rings (SSSR count). The SMILES string of the molecule is O=C(c1c(-n2cccc2)sc2c1CCCC2)N1CCN(Cc2cn3ccccc3n2)CC1. The number of aryl methyl sites for hydroxylation is 1. The van der Waals surface area contributed by atoms with Crippen LogP contribution < -0.4 is 0 Å². The quantitative estimate of drug-likeness (QED) is 0.477. The van der Waals surface area contributed by atoms with Gasteiger partial charge >= 0.3 is 0 Å². The lowest BCUT2D eigenvalue weighted by Crippen LogP contribution is -2.48. The number of aromatic nitrogens is 3. The van der Waals surface area contributed by atoms with E-state index in [2.05, 4.69) is 37.4 Å². The Hall–Kier alpha value is -2.90. The van der Waals surface area contributed by atoms with Crippen molar-refractivity contribution >= 4 is 22.9 Å². The molecule has 1 aliphatic heterocycles. The number of imidazole rings is 1. The van der Waals surface area contributed by atoms with Crippen LogP contribution in [-0.4, -0.2) is 55.8 Å². The summed E-state index contributed by atoms with van der Waals surface area (Å²) in [5, 5.41) is 1.10. The topological polar surface area (TPSA) is 45.8 Å². The van der Waals surface area contributed by atoms with Gasteiger partial charge in [0.25, 0.3) is 5.91 Å². The fraction of sp³-hybridized carbons (Fsp3) is 0.360. The van der Waals surface area contributed by atoms with Gasteiger partial charge in [-0.15, -0.1) is 11.3 Å². The largest absolute Gasteiger partial charge is 0.336 e. The van der Waals surface area contributed by atoms with Crippen LogP contribution in [0.1, 0.15) is 39.3 Å². The normalized spacial score (nSPS) is 17.1. The summed E-state index contributed by atoms with van der Waals surface area (Å²) in [6.07, 6.45) is 12.8. The van der Waals surface area contributed by atoms with Crippen molar-refractivity contribution in [3.05, 3.63) is 76.8 Å². The maximum absolute atomic E-state index is 13.7. The van der Waals surface area contributed by atoms with Gasteiger partial charge in [-0.1, -0.05) is 6.07 Å². The Kier molecular flexibility index (Phi) is 5.08. The Morgan fingerprint density at radius 3 is 2.56 bits per heavy atom. The summed E-state index contributed by atoms with van der Waals surface area (Å²) in [6.45, 7) is 4.12. The predicted octanol–water partition coefficient (Wildman–Crippen LogP) is 4.02. The van der Waals surface area contributed by atoms with Gasteiger partial charge in [0, 0.05) is 62.4 Å². The van der Waals surface area contributed by atoms with Gasteiger partial charge in [-0.2, -0.15) is 0 Å². The summed E-state index contributed by atoms with van der Waals surface area (Å²) < 4.78 is 4.19. The first-order chi connectivity index (χ1) is 15.8. The van der Waals surface area contributed by atoms with Gasteiger partial charge in [0.15, 0.2) is 0 Å². The van der Waals surface area contributed by atoms with Crippen LogP contribution in [0.4, 0.5) is 0 Å². The van der Waals surface area contributed by atoms with Crippen LogP contribution in [0.15, 0.2) is 55.1 Å². The lowest BCUT2D eigenvalue weighted by Gasteiger charge is -2.34. The van der Waals surface area contributed by atoms with Crippen LogP contribution in [0.5, 0.6) is 0 Å². The van der Waals surface area contributed by atoms with E-state index in [1.165, 1.54) is 23.3 Å². The molecule has 1 amide bonds. The second kappa shape index (κ2) is 8.22. The minimum Gasteiger partial charge on any atom is -0.336 e. The number of amides is 1. The van der Waals surface area contributed by atoms with E-state index in [4.69, 9.17) is 4.98 Å². The first-order valence-electron chi connectivity index (χ1n) is 11.5. The highest BCUT2D eigenvalue weighted by molar-refractivity contribution is 7.15. The minimum atomic E-state index is 0.209. The summed E-state index contributed by atoms with van der Waals surface area (Å²) in [6, 6.07) is 10.1. The Labute approximate surface area is 191 Å². The van der Waals surface area contributed by atoms with Crippen molar-refractivity contribution in [3.63, 3.8) is 0 Å². The fourth-order valence-electron chi connectivity index (χ4n) is 4.98. The molecule has 1 fully saturated rings. The Bertz CT molecular complexity index is 1210. The predicted molar refractivity (Wildman–Crippen MR) is 127 cm³/mol. The van der Waals surface area contributed by atoms with Crippen molar-refractivity contribution in [2.45, 2.75) is 32.2 Å². The van der Waals surface area contributed by atoms with E-state index in [-0.39, 0.29) is 5.91 Å². The van der Waals surface area contributed by atoms with Crippen molar-refractivity contribution < 1.29 is 4.79 Å². The molecule has 4 aromatic heterocycles. The number of fused-ring (bicyclic) bond motifs is 2. The Morgan fingerprint density at radius 1 is 0.969 bits per heavy atom. The van der Waals surface area contributed by atoms with E-state index < -0.39 is 0 Å². The fourth-order valence-corrected chi connectivity index (χ4v) is 6.33. The molecule has 0 saturated carbocycles. The number of carbonyl (C=O) groups excluding carboxylic acids is 1. The van der Waals surface area contributed by atoms with E-state index in [0.717, 1.165) is 67.5 Å². The first kappa shape index (κ1) is 19.8. The highest BCUT2D eigenvalue weighted by Gasteiger charge is 2.30. The van der Waals surface area contributed by atoms with Crippen molar-refractivity contribution in [2.75, 3.05) is 26.2 Å². The molecule has 0 unspecified atom stereocenters. The molecular weight excluding hydrogens is 418 g/mol. The molecule has 0 spiro atoms. The van der Waals surface area contributed by atoms with Crippen molar-refractivity contribution in [1.29, 1.82) is 0 Å². The molecule has 1 saturated heterocycles. The molecule has 2 aliphatic rings. The van der Waals surface area contributed by atoms with Crippen molar-refractivity contribution in [1.82, 2.24) is 23.8 Å². The number of hydrogen-bond acceptors (Lipinski definition) is 4. The lowest BCUT2D eigenvalue weighted by atomic mass is 9.95. The molecule has 4 aromatic rings. The standard InChI is InChI=1S/C25H27N5OS/c31-24(23-20-7-1-2-8-21(20)32-25(23)29-10-5-6-11-29)28-15-13-27(14-16-28)17-19-18-30-12-4-3-9-22(30)26-19/h3-6,9-12,18H,1-2,7-8,13-17H2. The third kappa shape index (κ3) is 3.55. The smallest absolute Gasteiger partial charge is 0.257 e. The molecule has 0 atom stereocenters. The van der Waals surface area contributed by atoms with Gasteiger partial charge in [0.05, 0.1) is 11.3 Å². The van der Waals surface area contributed by atoms with Gasteiger partial charge in [-0.3, -0.25) is 9.69 Å². The van der Waals surface area contributed by atoms with Crippen molar-refractivity contribution in [2.24, 2.45) is 0 Å². The van der Waals surface area contributed by atoms with Crippen LogP contribution in [0, 0.1) is 0 Å². The van der Waals surface area contributed by atoms with Crippen LogP contribution in [0.25, 0.3) is 10.6 Å². The molecule has 0 aromatic carbocycles. The van der Waals surface area contributed by atoms with Gasteiger partial charge in [-0.05, 0) is 55.5 Å². The summed E-state index contributed by atoms with van der Waals surface area (Å²) in [5.74, 6) is 0.209. The van der Waals surface area contributed by atoms with Crippen LogP contribution in [0.2, 0.25) is 0 Å². The number of rotatable bonds is 4. The average Bonchev–Trinajstić information content (AvgIpc) is 3.56. The first-order valence-corrected chi connectivity index (χ1v) is 12.3. The third-order valence-corrected chi connectivity index (χ3v) is 7.97. The van der Waals surface area contributed by atoms with E-state index >= 15 is 0 Å². The molecule has 164 valence electrons. The maximum atomic E-state index is 13.7. The Morgan fingerprint density at radius 2 is 1.75 bits per heavy atom. The van der Waals surface area contributed by atoms with Crippen LogP contribution in [-0.2, 0) is 19.4 Å². The lowest BCUT2D eigenvalue weighted by molar-refractivity contribution is 0.0626. The monoisotopic (exact) mass is 445 g/mol. The molecular formula is C25H27N5OS. The molecule has 0 radical (unpaired) electrons. The highest BCUT2D eigenvalue weighted by Crippen LogP contribution is 2.37. The second-order valence-corrected chi connectivity index (χ2v) is 9.83. The summed E-state index contributed by atoms with van der Waals surface area (Å²) in [5.41, 5.74) is 4.32. The zero-order valence-electron chi connectivity index (χ0n) is 18.1. The third-order valence-electron chi connectivity index (χ3n) is 6.66. The molecule has 7 heteroatoms. The number of thiophene rings is 1. The Balaban J connectivity index is 1.19. The van der Waals surface area contributed by atoms with Gasteiger partial charge < -0.3 is 13.9 Å².